The van der Waals surface area contributed by atoms with Gasteiger partial charge in [-0.3, -0.25) is 4.79 Å². The molecular formula is C15H19NO2. The van der Waals surface area contributed by atoms with Gasteiger partial charge in [-0.15, -0.1) is 0 Å². The number of furan rings is 1. The van der Waals surface area contributed by atoms with E-state index in [2.05, 4.69) is 0 Å². The summed E-state index contributed by atoms with van der Waals surface area (Å²) in [4.78, 5) is 13.6. The molecule has 1 aromatic heterocycles. The predicted octanol–water partition coefficient (Wildman–Crippen LogP) is 3.44. The molecule has 0 N–H and O–H groups in total. The molecule has 1 amide bonds. The number of amides is 1. The first kappa shape index (κ1) is 12.7. The molecule has 0 aliphatic rings. The highest BCUT2D eigenvalue weighted by Gasteiger charge is 2.13. The summed E-state index contributed by atoms with van der Waals surface area (Å²) in [6, 6.07) is 9.88. The van der Waals surface area contributed by atoms with Gasteiger partial charge in [-0.2, -0.15) is 0 Å². The minimum absolute atomic E-state index is 0.158. The van der Waals surface area contributed by atoms with E-state index in [1.165, 1.54) is 0 Å². The molecule has 0 bridgehead atoms. The highest BCUT2D eigenvalue weighted by molar-refractivity contribution is 5.78. The second-order valence-electron chi connectivity index (χ2n) is 5.10. The average Bonchev–Trinajstić information content (AvgIpc) is 2.69. The largest absolute Gasteiger partial charge is 0.459 e. The van der Waals surface area contributed by atoms with Crippen molar-refractivity contribution in [3.05, 3.63) is 36.1 Å². The Bertz CT molecular complexity index is 509. The van der Waals surface area contributed by atoms with E-state index < -0.39 is 0 Å². The van der Waals surface area contributed by atoms with Crippen LogP contribution in [0.4, 0.5) is 0 Å². The summed E-state index contributed by atoms with van der Waals surface area (Å²) in [5.74, 6) is 1.37. The fraction of sp³-hybridized carbons (Fsp3) is 0.400. The molecule has 2 rings (SSSR count). The maximum Gasteiger partial charge on any atom is 0.222 e. The van der Waals surface area contributed by atoms with Gasteiger partial charge in [-0.1, -0.05) is 32.0 Å². The van der Waals surface area contributed by atoms with Gasteiger partial charge in [0.2, 0.25) is 5.91 Å². The van der Waals surface area contributed by atoms with Gasteiger partial charge in [0.25, 0.3) is 0 Å². The van der Waals surface area contributed by atoms with E-state index in [4.69, 9.17) is 4.42 Å². The monoisotopic (exact) mass is 245 g/mol. The Hall–Kier alpha value is -1.77. The fourth-order valence-electron chi connectivity index (χ4n) is 1.94. The Kier molecular flexibility index (Phi) is 3.70. The molecule has 2 aromatic rings. The number of benzene rings is 1. The van der Waals surface area contributed by atoms with Crippen LogP contribution in [0.15, 0.2) is 34.7 Å². The molecule has 0 fully saturated rings. The third kappa shape index (κ3) is 2.92. The quantitative estimate of drug-likeness (QED) is 0.826. The molecule has 96 valence electrons. The van der Waals surface area contributed by atoms with Crippen molar-refractivity contribution >= 4 is 16.9 Å². The Morgan fingerprint density at radius 3 is 2.72 bits per heavy atom. The van der Waals surface area contributed by atoms with Crippen LogP contribution in [0.5, 0.6) is 0 Å². The number of hydrogen-bond donors (Lipinski definition) is 0. The Labute approximate surface area is 107 Å². The smallest absolute Gasteiger partial charge is 0.222 e. The summed E-state index contributed by atoms with van der Waals surface area (Å²) < 4.78 is 5.70. The SMILES string of the molecule is CC(C)CC(=O)N(C)Cc1cc2ccccc2o1. The van der Waals surface area contributed by atoms with Gasteiger partial charge in [0, 0.05) is 18.9 Å². The fourth-order valence-corrected chi connectivity index (χ4v) is 1.94. The lowest BCUT2D eigenvalue weighted by atomic mass is 10.1. The van der Waals surface area contributed by atoms with E-state index in [-0.39, 0.29) is 5.91 Å². The van der Waals surface area contributed by atoms with Gasteiger partial charge < -0.3 is 9.32 Å². The molecule has 3 nitrogen and oxygen atoms in total. The van der Waals surface area contributed by atoms with Gasteiger partial charge in [0.1, 0.15) is 11.3 Å². The molecule has 18 heavy (non-hydrogen) atoms. The molecule has 3 heteroatoms. The van der Waals surface area contributed by atoms with Crippen molar-refractivity contribution in [1.82, 2.24) is 4.90 Å². The van der Waals surface area contributed by atoms with Crippen LogP contribution in [0.3, 0.4) is 0 Å². The highest BCUT2D eigenvalue weighted by atomic mass is 16.3. The molecule has 0 atom stereocenters. The molecular weight excluding hydrogens is 226 g/mol. The van der Waals surface area contributed by atoms with E-state index >= 15 is 0 Å². The zero-order valence-corrected chi connectivity index (χ0v) is 11.1. The number of para-hydroxylation sites is 1. The van der Waals surface area contributed by atoms with Crippen molar-refractivity contribution in [3.63, 3.8) is 0 Å². The maximum atomic E-state index is 11.9. The van der Waals surface area contributed by atoms with Crippen molar-refractivity contribution in [2.75, 3.05) is 7.05 Å². The van der Waals surface area contributed by atoms with Gasteiger partial charge in [0.15, 0.2) is 0 Å². The second-order valence-corrected chi connectivity index (χ2v) is 5.10. The predicted molar refractivity (Wildman–Crippen MR) is 72.1 cm³/mol. The van der Waals surface area contributed by atoms with Crippen molar-refractivity contribution < 1.29 is 9.21 Å². The molecule has 1 heterocycles. The van der Waals surface area contributed by atoms with Crippen molar-refractivity contribution in [1.29, 1.82) is 0 Å². The van der Waals surface area contributed by atoms with E-state index in [1.54, 1.807) is 4.90 Å². The van der Waals surface area contributed by atoms with E-state index in [0.717, 1.165) is 16.7 Å². The molecule has 0 unspecified atom stereocenters. The summed E-state index contributed by atoms with van der Waals surface area (Å²) in [5, 5.41) is 1.08. The van der Waals surface area contributed by atoms with E-state index in [9.17, 15) is 4.79 Å². The number of fused-ring (bicyclic) bond motifs is 1. The van der Waals surface area contributed by atoms with E-state index in [0.29, 0.717) is 18.9 Å². The molecule has 0 aliphatic heterocycles. The van der Waals surface area contributed by atoms with Crippen molar-refractivity contribution in [2.24, 2.45) is 5.92 Å². The Morgan fingerprint density at radius 2 is 2.06 bits per heavy atom. The number of carbonyl (C=O) groups is 1. The molecule has 0 spiro atoms. The lowest BCUT2D eigenvalue weighted by molar-refractivity contribution is -0.131. The normalized spacial score (nSPS) is 11.1. The standard InChI is InChI=1S/C15H19NO2/c1-11(2)8-15(17)16(3)10-13-9-12-6-4-5-7-14(12)18-13/h4-7,9,11H,8,10H2,1-3H3. The topological polar surface area (TPSA) is 33.5 Å². The molecule has 0 saturated carbocycles. The first-order valence-electron chi connectivity index (χ1n) is 6.27. The first-order valence-corrected chi connectivity index (χ1v) is 6.27. The Morgan fingerprint density at radius 1 is 1.33 bits per heavy atom. The third-order valence-electron chi connectivity index (χ3n) is 2.88. The van der Waals surface area contributed by atoms with Crippen LogP contribution < -0.4 is 0 Å². The van der Waals surface area contributed by atoms with Crippen LogP contribution in [-0.2, 0) is 11.3 Å². The van der Waals surface area contributed by atoms with Gasteiger partial charge >= 0.3 is 0 Å². The molecule has 1 aromatic carbocycles. The van der Waals surface area contributed by atoms with Crippen LogP contribution in [0.2, 0.25) is 0 Å². The number of rotatable bonds is 4. The highest BCUT2D eigenvalue weighted by Crippen LogP contribution is 2.20. The molecule has 0 saturated heterocycles. The van der Waals surface area contributed by atoms with Gasteiger partial charge in [0.05, 0.1) is 6.54 Å². The van der Waals surface area contributed by atoms with Gasteiger partial charge in [-0.25, -0.2) is 0 Å². The average molecular weight is 245 g/mol. The van der Waals surface area contributed by atoms with Crippen LogP contribution >= 0.6 is 0 Å². The van der Waals surface area contributed by atoms with Crippen LogP contribution in [0, 0.1) is 5.92 Å². The maximum absolute atomic E-state index is 11.9. The summed E-state index contributed by atoms with van der Waals surface area (Å²) >= 11 is 0. The minimum Gasteiger partial charge on any atom is -0.459 e. The van der Waals surface area contributed by atoms with Crippen molar-refractivity contribution in [3.8, 4) is 0 Å². The van der Waals surface area contributed by atoms with Crippen LogP contribution in [-0.4, -0.2) is 17.9 Å². The first-order chi connectivity index (χ1) is 8.56. The summed E-state index contributed by atoms with van der Waals surface area (Å²) in [5.41, 5.74) is 0.872. The van der Waals surface area contributed by atoms with Crippen molar-refractivity contribution in [2.45, 2.75) is 26.8 Å². The zero-order valence-electron chi connectivity index (χ0n) is 11.1. The van der Waals surface area contributed by atoms with Gasteiger partial charge in [-0.05, 0) is 18.1 Å². The third-order valence-corrected chi connectivity index (χ3v) is 2.88. The lowest BCUT2D eigenvalue weighted by Gasteiger charge is -2.16. The second kappa shape index (κ2) is 5.25. The summed E-state index contributed by atoms with van der Waals surface area (Å²) in [6.07, 6.45) is 0.580. The molecule has 0 aliphatic carbocycles. The van der Waals surface area contributed by atoms with Crippen LogP contribution in [0.25, 0.3) is 11.0 Å². The molecule has 0 radical (unpaired) electrons. The Balaban J connectivity index is 2.06. The summed E-state index contributed by atoms with van der Waals surface area (Å²) in [6.45, 7) is 4.63. The zero-order chi connectivity index (χ0) is 13.1. The number of hydrogen-bond acceptors (Lipinski definition) is 2. The number of carbonyl (C=O) groups excluding carboxylic acids is 1. The number of nitrogens with zero attached hydrogens (tertiary/aromatic N) is 1. The minimum atomic E-state index is 0.158. The van der Waals surface area contributed by atoms with E-state index in [1.807, 2.05) is 51.2 Å². The lowest BCUT2D eigenvalue weighted by Crippen LogP contribution is -2.26. The summed E-state index contributed by atoms with van der Waals surface area (Å²) in [7, 11) is 1.82. The van der Waals surface area contributed by atoms with Crippen LogP contribution in [0.1, 0.15) is 26.0 Å².